The molecule has 2 aromatic carbocycles. The summed E-state index contributed by atoms with van der Waals surface area (Å²) in [6.45, 7) is 2.82. The molecule has 0 saturated heterocycles. The van der Waals surface area contributed by atoms with Crippen LogP contribution in [0.25, 0.3) is 6.08 Å². The minimum Gasteiger partial charge on any atom is -0.494 e. The first-order valence-corrected chi connectivity index (χ1v) is 8.32. The van der Waals surface area contributed by atoms with Gasteiger partial charge in [-0.05, 0) is 42.3 Å². The molecule has 0 bridgehead atoms. The minimum atomic E-state index is -0.399. The number of amides is 2. The quantitative estimate of drug-likeness (QED) is 0.417. The highest BCUT2D eigenvalue weighted by Crippen LogP contribution is 2.15. The standard InChI is InChI=1S/C20H23N3O2/c1-2-3-16-25-19-13-11-18(12-14-19)22-20(24)23-21-15-7-10-17-8-5-4-6-9-17/h4-15H,2-3,16H2,1H3,(H2,22,23,24). The Kier molecular flexibility index (Phi) is 7.78. The van der Waals surface area contributed by atoms with Crippen LogP contribution < -0.4 is 15.5 Å². The lowest BCUT2D eigenvalue weighted by Gasteiger charge is -2.07. The van der Waals surface area contributed by atoms with Gasteiger partial charge in [-0.15, -0.1) is 0 Å². The maximum atomic E-state index is 11.8. The van der Waals surface area contributed by atoms with Crippen molar-refractivity contribution in [3.63, 3.8) is 0 Å². The summed E-state index contributed by atoms with van der Waals surface area (Å²) in [7, 11) is 0. The van der Waals surface area contributed by atoms with Crippen molar-refractivity contribution in [1.29, 1.82) is 0 Å². The molecule has 0 heterocycles. The fraction of sp³-hybridized carbons (Fsp3) is 0.200. The zero-order valence-electron chi connectivity index (χ0n) is 14.3. The number of carbonyl (C=O) groups is 1. The number of allylic oxidation sites excluding steroid dienone is 1. The Morgan fingerprint density at radius 1 is 1.12 bits per heavy atom. The summed E-state index contributed by atoms with van der Waals surface area (Å²) < 4.78 is 5.58. The zero-order valence-corrected chi connectivity index (χ0v) is 14.3. The van der Waals surface area contributed by atoms with E-state index in [0.717, 1.165) is 24.2 Å². The Bertz CT molecular complexity index is 695. The summed E-state index contributed by atoms with van der Waals surface area (Å²) in [5, 5.41) is 6.55. The molecule has 2 aromatic rings. The van der Waals surface area contributed by atoms with E-state index in [-0.39, 0.29) is 0 Å². The number of anilines is 1. The van der Waals surface area contributed by atoms with Gasteiger partial charge < -0.3 is 10.1 Å². The SMILES string of the molecule is CCCCOc1ccc(NC(=O)NN=CC=Cc2ccccc2)cc1. The lowest BCUT2D eigenvalue weighted by atomic mass is 10.2. The fourth-order valence-corrected chi connectivity index (χ4v) is 1.99. The van der Waals surface area contributed by atoms with Gasteiger partial charge in [-0.25, -0.2) is 10.2 Å². The van der Waals surface area contributed by atoms with Crippen LogP contribution in [0.15, 0.2) is 65.8 Å². The third-order valence-electron chi connectivity index (χ3n) is 3.29. The molecule has 5 heteroatoms. The smallest absolute Gasteiger partial charge is 0.339 e. The predicted octanol–water partition coefficient (Wildman–Crippen LogP) is 4.69. The number of benzene rings is 2. The van der Waals surface area contributed by atoms with E-state index in [1.807, 2.05) is 48.5 Å². The Hall–Kier alpha value is -3.08. The van der Waals surface area contributed by atoms with E-state index < -0.39 is 6.03 Å². The van der Waals surface area contributed by atoms with Crippen molar-refractivity contribution in [2.45, 2.75) is 19.8 Å². The van der Waals surface area contributed by atoms with Crippen molar-refractivity contribution < 1.29 is 9.53 Å². The van der Waals surface area contributed by atoms with E-state index in [9.17, 15) is 4.79 Å². The Labute approximate surface area is 148 Å². The molecule has 2 N–H and O–H groups in total. The van der Waals surface area contributed by atoms with Crippen LogP contribution in [0.5, 0.6) is 5.75 Å². The van der Waals surface area contributed by atoms with E-state index in [0.29, 0.717) is 12.3 Å². The van der Waals surface area contributed by atoms with Gasteiger partial charge in [0, 0.05) is 11.9 Å². The molecule has 0 fully saturated rings. The number of unbranched alkanes of at least 4 members (excludes halogenated alkanes) is 1. The molecular formula is C20H23N3O2. The Morgan fingerprint density at radius 3 is 2.60 bits per heavy atom. The molecule has 0 aliphatic heterocycles. The van der Waals surface area contributed by atoms with Gasteiger partial charge >= 0.3 is 6.03 Å². The largest absolute Gasteiger partial charge is 0.494 e. The van der Waals surface area contributed by atoms with Gasteiger partial charge in [0.05, 0.1) is 6.61 Å². The fourth-order valence-electron chi connectivity index (χ4n) is 1.99. The average Bonchev–Trinajstić information content (AvgIpc) is 2.64. The highest BCUT2D eigenvalue weighted by atomic mass is 16.5. The Balaban J connectivity index is 1.72. The highest BCUT2D eigenvalue weighted by molar-refractivity contribution is 5.90. The number of hydrogen-bond acceptors (Lipinski definition) is 3. The van der Waals surface area contributed by atoms with Crippen LogP contribution in [0.1, 0.15) is 25.3 Å². The predicted molar refractivity (Wildman–Crippen MR) is 103 cm³/mol. The van der Waals surface area contributed by atoms with Crippen molar-refractivity contribution in [2.24, 2.45) is 5.10 Å². The van der Waals surface area contributed by atoms with Crippen molar-refractivity contribution in [1.82, 2.24) is 5.43 Å². The number of hydrogen-bond donors (Lipinski definition) is 2. The minimum absolute atomic E-state index is 0.399. The molecule has 0 radical (unpaired) electrons. The molecule has 0 aromatic heterocycles. The average molecular weight is 337 g/mol. The van der Waals surface area contributed by atoms with E-state index in [2.05, 4.69) is 22.8 Å². The summed E-state index contributed by atoms with van der Waals surface area (Å²) in [4.78, 5) is 11.8. The summed E-state index contributed by atoms with van der Waals surface area (Å²) in [6, 6.07) is 16.7. The summed E-state index contributed by atoms with van der Waals surface area (Å²) >= 11 is 0. The van der Waals surface area contributed by atoms with Crippen LogP contribution in [0.2, 0.25) is 0 Å². The molecule has 0 unspecified atom stereocenters. The monoisotopic (exact) mass is 337 g/mol. The molecule has 2 rings (SSSR count). The second kappa shape index (κ2) is 10.6. The topological polar surface area (TPSA) is 62.7 Å². The van der Waals surface area contributed by atoms with Crippen LogP contribution in [-0.2, 0) is 0 Å². The van der Waals surface area contributed by atoms with E-state index >= 15 is 0 Å². The number of hydrazone groups is 1. The van der Waals surface area contributed by atoms with Crippen molar-refractivity contribution >= 4 is 24.0 Å². The van der Waals surface area contributed by atoms with Crippen LogP contribution in [0.4, 0.5) is 10.5 Å². The normalized spacial score (nSPS) is 10.9. The van der Waals surface area contributed by atoms with Crippen molar-refractivity contribution in [3.05, 3.63) is 66.2 Å². The van der Waals surface area contributed by atoms with Gasteiger partial charge in [0.25, 0.3) is 0 Å². The van der Waals surface area contributed by atoms with Gasteiger partial charge in [0.15, 0.2) is 0 Å². The maximum Gasteiger partial charge on any atom is 0.339 e. The maximum absolute atomic E-state index is 11.8. The molecule has 0 atom stereocenters. The molecule has 0 aliphatic carbocycles. The van der Waals surface area contributed by atoms with E-state index in [1.54, 1.807) is 18.2 Å². The molecule has 130 valence electrons. The number of carbonyl (C=O) groups excluding carboxylic acids is 1. The van der Waals surface area contributed by atoms with Gasteiger partial charge in [0.1, 0.15) is 5.75 Å². The molecule has 0 saturated carbocycles. The van der Waals surface area contributed by atoms with Gasteiger partial charge in [0.2, 0.25) is 0 Å². The molecule has 0 spiro atoms. The number of nitrogens with one attached hydrogen (secondary N) is 2. The summed E-state index contributed by atoms with van der Waals surface area (Å²) in [5.41, 5.74) is 4.16. The summed E-state index contributed by atoms with van der Waals surface area (Å²) in [6.07, 6.45) is 7.32. The lowest BCUT2D eigenvalue weighted by molar-refractivity contribution is 0.252. The first-order chi connectivity index (χ1) is 12.3. The summed E-state index contributed by atoms with van der Waals surface area (Å²) in [5.74, 6) is 0.795. The number of ether oxygens (including phenoxy) is 1. The number of rotatable bonds is 8. The van der Waals surface area contributed by atoms with Gasteiger partial charge in [-0.2, -0.15) is 5.10 Å². The second-order valence-electron chi connectivity index (χ2n) is 5.34. The highest BCUT2D eigenvalue weighted by Gasteiger charge is 2.00. The zero-order chi connectivity index (χ0) is 17.7. The van der Waals surface area contributed by atoms with Crippen LogP contribution >= 0.6 is 0 Å². The van der Waals surface area contributed by atoms with E-state index in [1.165, 1.54) is 6.21 Å². The molecule has 25 heavy (non-hydrogen) atoms. The second-order valence-corrected chi connectivity index (χ2v) is 5.34. The molecule has 5 nitrogen and oxygen atoms in total. The van der Waals surface area contributed by atoms with Gasteiger partial charge in [-0.1, -0.05) is 49.8 Å². The van der Waals surface area contributed by atoms with Crippen molar-refractivity contribution in [2.75, 3.05) is 11.9 Å². The van der Waals surface area contributed by atoms with Crippen molar-refractivity contribution in [3.8, 4) is 5.75 Å². The van der Waals surface area contributed by atoms with Gasteiger partial charge in [-0.3, -0.25) is 0 Å². The molecule has 0 aliphatic rings. The number of urea groups is 1. The third-order valence-corrected chi connectivity index (χ3v) is 3.29. The third kappa shape index (κ3) is 7.35. The van der Waals surface area contributed by atoms with E-state index in [4.69, 9.17) is 4.74 Å². The first-order valence-electron chi connectivity index (χ1n) is 8.32. The first kappa shape index (κ1) is 18.3. The Morgan fingerprint density at radius 2 is 1.88 bits per heavy atom. The lowest BCUT2D eigenvalue weighted by Crippen LogP contribution is -2.23. The molecular weight excluding hydrogens is 314 g/mol. The van der Waals surface area contributed by atoms with Crippen LogP contribution in [0, 0.1) is 0 Å². The van der Waals surface area contributed by atoms with Crippen LogP contribution in [-0.4, -0.2) is 18.9 Å². The number of nitrogens with zero attached hydrogens (tertiary/aromatic N) is 1. The molecule has 2 amide bonds. The van der Waals surface area contributed by atoms with Crippen LogP contribution in [0.3, 0.4) is 0 Å².